The van der Waals surface area contributed by atoms with Crippen LogP contribution in [-0.2, 0) is 11.3 Å². The van der Waals surface area contributed by atoms with Crippen LogP contribution in [-0.4, -0.2) is 22.6 Å². The summed E-state index contributed by atoms with van der Waals surface area (Å²) in [5.41, 5.74) is 2.91. The summed E-state index contributed by atoms with van der Waals surface area (Å²) in [4.78, 5) is 27.3. The minimum Gasteiger partial charge on any atom is -0.324 e. The molecule has 0 N–H and O–H groups in total. The molecule has 0 aromatic carbocycles. The molecule has 1 unspecified atom stereocenters. The number of carbonyl (C=O) groups is 2. The fourth-order valence-corrected chi connectivity index (χ4v) is 3.64. The van der Waals surface area contributed by atoms with Crippen LogP contribution in [0.4, 0.5) is 0 Å². The molecule has 1 aromatic heterocycles. The van der Waals surface area contributed by atoms with Crippen molar-refractivity contribution < 1.29 is 9.59 Å². The van der Waals surface area contributed by atoms with Gasteiger partial charge in [-0.25, -0.2) is 0 Å². The third kappa shape index (κ3) is 1.63. The van der Waals surface area contributed by atoms with Gasteiger partial charge in [0, 0.05) is 23.2 Å². The lowest BCUT2D eigenvalue weighted by molar-refractivity contribution is -0.124. The molecule has 0 bridgehead atoms. The summed E-state index contributed by atoms with van der Waals surface area (Å²) >= 11 is 1.61. The number of amides is 1. The number of ketones is 1. The molecular formula is C14H15NO2S. The number of rotatable bonds is 1. The van der Waals surface area contributed by atoms with Crippen molar-refractivity contribution in [2.24, 2.45) is 0 Å². The van der Waals surface area contributed by atoms with Crippen molar-refractivity contribution in [1.29, 1.82) is 0 Å². The van der Waals surface area contributed by atoms with Crippen molar-refractivity contribution in [3.63, 3.8) is 0 Å². The maximum atomic E-state index is 12.3. The predicted molar refractivity (Wildman–Crippen MR) is 70.7 cm³/mol. The van der Waals surface area contributed by atoms with Crippen molar-refractivity contribution in [3.05, 3.63) is 33.5 Å². The van der Waals surface area contributed by atoms with Gasteiger partial charge in [0.15, 0.2) is 5.78 Å². The lowest BCUT2D eigenvalue weighted by Crippen LogP contribution is -2.43. The van der Waals surface area contributed by atoms with Crippen LogP contribution in [0.15, 0.2) is 17.5 Å². The topological polar surface area (TPSA) is 37.4 Å². The molecule has 0 spiro atoms. The highest BCUT2D eigenvalue weighted by Gasteiger charge is 2.38. The van der Waals surface area contributed by atoms with E-state index in [2.05, 4.69) is 6.58 Å². The Morgan fingerprint density at radius 1 is 1.44 bits per heavy atom. The number of carbonyl (C=O) groups excluding carboxylic acids is 2. The highest BCUT2D eigenvalue weighted by molar-refractivity contribution is 7.10. The fourth-order valence-electron chi connectivity index (χ4n) is 2.79. The molecule has 0 saturated heterocycles. The molecule has 1 amide bonds. The summed E-state index contributed by atoms with van der Waals surface area (Å²) in [6, 6.07) is -0.236. The van der Waals surface area contributed by atoms with Gasteiger partial charge >= 0.3 is 0 Å². The van der Waals surface area contributed by atoms with E-state index in [1.165, 1.54) is 4.88 Å². The second-order valence-corrected chi connectivity index (χ2v) is 6.15. The molecule has 1 atom stereocenters. The maximum Gasteiger partial charge on any atom is 0.255 e. The Kier molecular flexibility index (Phi) is 2.63. The van der Waals surface area contributed by atoms with Gasteiger partial charge in [-0.05, 0) is 25.3 Å². The van der Waals surface area contributed by atoms with Crippen LogP contribution in [0, 0.1) is 6.92 Å². The molecule has 1 saturated carbocycles. The Hall–Kier alpha value is -1.42. The van der Waals surface area contributed by atoms with Gasteiger partial charge in [-0.15, -0.1) is 11.3 Å². The summed E-state index contributed by atoms with van der Waals surface area (Å²) < 4.78 is 0. The molecule has 1 aliphatic heterocycles. The lowest BCUT2D eigenvalue weighted by atomic mass is 9.90. The van der Waals surface area contributed by atoms with Crippen LogP contribution in [0.2, 0.25) is 0 Å². The zero-order valence-corrected chi connectivity index (χ0v) is 11.2. The van der Waals surface area contributed by atoms with Gasteiger partial charge in [-0.3, -0.25) is 9.59 Å². The largest absolute Gasteiger partial charge is 0.324 e. The van der Waals surface area contributed by atoms with Gasteiger partial charge in [-0.2, -0.15) is 0 Å². The van der Waals surface area contributed by atoms with Crippen LogP contribution >= 0.6 is 11.3 Å². The van der Waals surface area contributed by atoms with Gasteiger partial charge < -0.3 is 4.90 Å². The van der Waals surface area contributed by atoms with Crippen molar-refractivity contribution >= 4 is 23.0 Å². The van der Waals surface area contributed by atoms with Gasteiger partial charge in [0.1, 0.15) is 0 Å². The van der Waals surface area contributed by atoms with E-state index in [1.807, 2.05) is 12.3 Å². The number of allylic oxidation sites excluding steroid dienone is 1. The number of fused-ring (bicyclic) bond motifs is 1. The van der Waals surface area contributed by atoms with Crippen molar-refractivity contribution in [2.45, 2.75) is 38.8 Å². The predicted octanol–water partition coefficient (Wildman–Crippen LogP) is 2.69. The molecule has 2 aliphatic rings. The van der Waals surface area contributed by atoms with Crippen molar-refractivity contribution in [3.8, 4) is 0 Å². The monoisotopic (exact) mass is 261 g/mol. The first kappa shape index (κ1) is 11.7. The number of hydrogen-bond donors (Lipinski definition) is 0. The Bertz CT molecular complexity index is 558. The first-order valence-electron chi connectivity index (χ1n) is 6.15. The molecule has 3 nitrogen and oxygen atoms in total. The molecule has 1 aromatic rings. The lowest BCUT2D eigenvalue weighted by Gasteiger charge is -2.30. The van der Waals surface area contributed by atoms with E-state index >= 15 is 0 Å². The minimum absolute atomic E-state index is 0.0280. The molecule has 0 radical (unpaired) electrons. The average Bonchev–Trinajstić information content (AvgIpc) is 2.82. The zero-order chi connectivity index (χ0) is 12.9. The first-order chi connectivity index (χ1) is 8.58. The van der Waals surface area contributed by atoms with E-state index in [0.29, 0.717) is 13.0 Å². The number of Topliss-reactive ketones (excluding diaryl/α,β-unsaturated/α-hetero) is 1. The fraction of sp³-hybridized carbons (Fsp3) is 0.429. The third-order valence-electron chi connectivity index (χ3n) is 3.87. The minimum atomic E-state index is -0.236. The van der Waals surface area contributed by atoms with E-state index < -0.39 is 0 Å². The summed E-state index contributed by atoms with van der Waals surface area (Å²) in [6.07, 6.45) is 2.02. The van der Waals surface area contributed by atoms with Gasteiger partial charge in [0.25, 0.3) is 5.91 Å². The van der Waals surface area contributed by atoms with Crippen LogP contribution in [0.5, 0.6) is 0 Å². The molecule has 94 valence electrons. The number of aryl methyl sites for hydroxylation is 1. The third-order valence-corrected chi connectivity index (χ3v) is 4.82. The van der Waals surface area contributed by atoms with Gasteiger partial charge in [0.2, 0.25) is 0 Å². The highest BCUT2D eigenvalue weighted by Crippen LogP contribution is 2.34. The van der Waals surface area contributed by atoms with Crippen LogP contribution < -0.4 is 0 Å². The standard InChI is InChI=1S/C14H15NO2S/c1-8-3-4-12(13(16)5-8)15-6-10-9(2)18-7-11(10)14(15)17/h7,12H,1,3-6H2,2H3. The summed E-state index contributed by atoms with van der Waals surface area (Å²) in [7, 11) is 0. The smallest absolute Gasteiger partial charge is 0.255 e. The summed E-state index contributed by atoms with van der Waals surface area (Å²) in [5.74, 6) is 0.172. The molecule has 18 heavy (non-hydrogen) atoms. The van der Waals surface area contributed by atoms with E-state index in [4.69, 9.17) is 0 Å². The highest BCUT2D eigenvalue weighted by atomic mass is 32.1. The summed E-state index contributed by atoms with van der Waals surface area (Å²) in [6.45, 7) is 6.50. The Morgan fingerprint density at radius 2 is 2.22 bits per heavy atom. The molecule has 1 aliphatic carbocycles. The van der Waals surface area contributed by atoms with E-state index in [0.717, 1.165) is 29.5 Å². The van der Waals surface area contributed by atoms with Crippen LogP contribution in [0.3, 0.4) is 0 Å². The second kappa shape index (κ2) is 4.05. The Balaban J connectivity index is 1.86. The van der Waals surface area contributed by atoms with E-state index in [-0.39, 0.29) is 17.7 Å². The molecule has 2 heterocycles. The number of hydrogen-bond acceptors (Lipinski definition) is 3. The summed E-state index contributed by atoms with van der Waals surface area (Å²) in [5, 5.41) is 1.92. The maximum absolute atomic E-state index is 12.3. The Morgan fingerprint density at radius 3 is 2.89 bits per heavy atom. The van der Waals surface area contributed by atoms with E-state index in [9.17, 15) is 9.59 Å². The SMILES string of the molecule is C=C1CCC(N2Cc3c(csc3C)C2=O)C(=O)C1. The first-order valence-corrected chi connectivity index (χ1v) is 7.03. The number of thiophene rings is 1. The number of nitrogens with zero attached hydrogens (tertiary/aromatic N) is 1. The molecule has 3 rings (SSSR count). The molecule has 1 fully saturated rings. The van der Waals surface area contributed by atoms with Crippen molar-refractivity contribution in [2.75, 3.05) is 0 Å². The average molecular weight is 261 g/mol. The van der Waals surface area contributed by atoms with Crippen molar-refractivity contribution in [1.82, 2.24) is 4.90 Å². The zero-order valence-electron chi connectivity index (χ0n) is 10.4. The van der Waals surface area contributed by atoms with Gasteiger partial charge in [0.05, 0.1) is 11.6 Å². The Labute approximate surface area is 110 Å². The van der Waals surface area contributed by atoms with E-state index in [1.54, 1.807) is 16.2 Å². The molecular weight excluding hydrogens is 246 g/mol. The second-order valence-electron chi connectivity index (χ2n) is 5.06. The quantitative estimate of drug-likeness (QED) is 0.729. The van der Waals surface area contributed by atoms with Crippen LogP contribution in [0.1, 0.15) is 40.1 Å². The normalized spacial score (nSPS) is 23.7. The van der Waals surface area contributed by atoms with Gasteiger partial charge in [-0.1, -0.05) is 12.2 Å². The van der Waals surface area contributed by atoms with Crippen LogP contribution in [0.25, 0.3) is 0 Å². The molecule has 4 heteroatoms.